The topological polar surface area (TPSA) is 58.6 Å². The number of methoxy groups -OCH3 is 1. The third-order valence-electron chi connectivity index (χ3n) is 3.18. The number of carboxylic acids is 1. The maximum Gasteiger partial charge on any atom is 0.335 e. The van der Waals surface area contributed by atoms with Gasteiger partial charge in [-0.3, -0.25) is 0 Å². The van der Waals surface area contributed by atoms with Gasteiger partial charge in [-0.1, -0.05) is 6.07 Å². The van der Waals surface area contributed by atoms with Crippen LogP contribution in [0.1, 0.15) is 28.9 Å². The highest BCUT2D eigenvalue weighted by Crippen LogP contribution is 2.30. The lowest BCUT2D eigenvalue weighted by Crippen LogP contribution is -2.10. The quantitative estimate of drug-likeness (QED) is 0.881. The first-order valence-electron chi connectivity index (χ1n) is 6.45. The van der Waals surface area contributed by atoms with Gasteiger partial charge < -0.3 is 15.2 Å². The third kappa shape index (κ3) is 3.31. The van der Waals surface area contributed by atoms with E-state index in [0.717, 1.165) is 0 Å². The maximum absolute atomic E-state index is 14.0. The average Bonchev–Trinajstić information content (AvgIpc) is 2.47. The number of benzene rings is 2. The van der Waals surface area contributed by atoms with Crippen molar-refractivity contribution in [3.8, 4) is 5.75 Å². The lowest BCUT2D eigenvalue weighted by molar-refractivity contribution is 0.0697. The summed E-state index contributed by atoms with van der Waals surface area (Å²) in [6, 6.07) is 10.6. The van der Waals surface area contributed by atoms with Crippen molar-refractivity contribution >= 4 is 11.7 Å². The van der Waals surface area contributed by atoms with Crippen LogP contribution in [0.4, 0.5) is 10.1 Å². The van der Waals surface area contributed by atoms with Crippen molar-refractivity contribution in [3.05, 3.63) is 59.4 Å². The number of ether oxygens (including phenoxy) is 1. The van der Waals surface area contributed by atoms with Gasteiger partial charge in [0.05, 0.1) is 24.3 Å². The van der Waals surface area contributed by atoms with E-state index >= 15 is 0 Å². The van der Waals surface area contributed by atoms with E-state index < -0.39 is 5.97 Å². The molecule has 0 amide bonds. The molecule has 0 spiro atoms. The number of rotatable bonds is 5. The molecule has 0 saturated heterocycles. The summed E-state index contributed by atoms with van der Waals surface area (Å²) in [4.78, 5) is 10.8. The molecule has 0 radical (unpaired) electrons. The van der Waals surface area contributed by atoms with Gasteiger partial charge in [-0.05, 0) is 43.3 Å². The molecule has 0 saturated carbocycles. The summed E-state index contributed by atoms with van der Waals surface area (Å²) >= 11 is 0. The van der Waals surface area contributed by atoms with Crippen LogP contribution >= 0.6 is 0 Å². The molecule has 0 aliphatic heterocycles. The Bertz CT molecular complexity index is 640. The number of carboxylic acid groups (broad SMARTS) is 1. The van der Waals surface area contributed by atoms with Crippen molar-refractivity contribution in [1.82, 2.24) is 0 Å². The van der Waals surface area contributed by atoms with Crippen LogP contribution < -0.4 is 10.1 Å². The van der Waals surface area contributed by atoms with Crippen LogP contribution in [0, 0.1) is 5.82 Å². The second-order valence-electron chi connectivity index (χ2n) is 4.60. The van der Waals surface area contributed by atoms with E-state index in [1.807, 2.05) is 6.92 Å². The molecule has 0 aliphatic carbocycles. The van der Waals surface area contributed by atoms with E-state index in [0.29, 0.717) is 17.0 Å². The molecule has 1 atom stereocenters. The molecule has 110 valence electrons. The minimum Gasteiger partial charge on any atom is -0.496 e. The van der Waals surface area contributed by atoms with Gasteiger partial charge in [-0.15, -0.1) is 0 Å². The average molecular weight is 289 g/mol. The van der Waals surface area contributed by atoms with Crippen molar-refractivity contribution in [2.75, 3.05) is 12.4 Å². The van der Waals surface area contributed by atoms with Crippen molar-refractivity contribution in [2.45, 2.75) is 13.0 Å². The Hall–Kier alpha value is -2.56. The largest absolute Gasteiger partial charge is 0.496 e. The lowest BCUT2D eigenvalue weighted by Gasteiger charge is -2.19. The number of hydrogen-bond acceptors (Lipinski definition) is 3. The summed E-state index contributed by atoms with van der Waals surface area (Å²) in [6.45, 7) is 1.81. The molecule has 21 heavy (non-hydrogen) atoms. The second-order valence-corrected chi connectivity index (χ2v) is 4.60. The molecule has 0 aromatic heterocycles. The van der Waals surface area contributed by atoms with Gasteiger partial charge in [-0.2, -0.15) is 0 Å². The van der Waals surface area contributed by atoms with Crippen molar-refractivity contribution in [2.24, 2.45) is 0 Å². The third-order valence-corrected chi connectivity index (χ3v) is 3.18. The van der Waals surface area contributed by atoms with Crippen LogP contribution in [0.3, 0.4) is 0 Å². The summed E-state index contributed by atoms with van der Waals surface area (Å²) in [5.74, 6) is -0.862. The minimum atomic E-state index is -0.981. The van der Waals surface area contributed by atoms with Gasteiger partial charge >= 0.3 is 5.97 Å². The van der Waals surface area contributed by atoms with E-state index in [1.54, 1.807) is 24.3 Å². The fraction of sp³-hybridized carbons (Fsp3) is 0.188. The monoisotopic (exact) mass is 289 g/mol. The molecule has 2 aromatic rings. The molecule has 1 unspecified atom stereocenters. The summed E-state index contributed by atoms with van der Waals surface area (Å²) < 4.78 is 19.1. The van der Waals surface area contributed by atoms with Gasteiger partial charge in [0.15, 0.2) is 0 Å². The first kappa shape index (κ1) is 14.8. The van der Waals surface area contributed by atoms with E-state index in [-0.39, 0.29) is 17.4 Å². The Morgan fingerprint density at radius 1 is 1.24 bits per heavy atom. The van der Waals surface area contributed by atoms with Crippen LogP contribution in [-0.2, 0) is 0 Å². The molecule has 0 fully saturated rings. The van der Waals surface area contributed by atoms with Crippen molar-refractivity contribution in [1.29, 1.82) is 0 Å². The summed E-state index contributed by atoms with van der Waals surface area (Å²) in [5.41, 5.74) is 1.34. The fourth-order valence-corrected chi connectivity index (χ4v) is 2.15. The maximum atomic E-state index is 14.0. The Kier molecular flexibility index (Phi) is 4.42. The number of carbonyl (C=O) groups is 1. The Morgan fingerprint density at radius 3 is 2.48 bits per heavy atom. The van der Waals surface area contributed by atoms with Crippen LogP contribution in [0.25, 0.3) is 0 Å². The minimum absolute atomic E-state index is 0.205. The summed E-state index contributed by atoms with van der Waals surface area (Å²) in [5, 5.41) is 12.0. The lowest BCUT2D eigenvalue weighted by atomic mass is 10.1. The predicted octanol–water partition coefficient (Wildman–Crippen LogP) is 3.71. The Morgan fingerprint density at radius 2 is 1.90 bits per heavy atom. The van der Waals surface area contributed by atoms with Crippen molar-refractivity contribution < 1.29 is 19.0 Å². The van der Waals surface area contributed by atoms with Gasteiger partial charge in [0.25, 0.3) is 0 Å². The molecule has 2 rings (SSSR count). The highest BCUT2D eigenvalue weighted by Gasteiger charge is 2.16. The van der Waals surface area contributed by atoms with E-state index in [1.165, 1.54) is 25.3 Å². The number of nitrogens with one attached hydrogen (secondary N) is 1. The van der Waals surface area contributed by atoms with Crippen LogP contribution in [0.2, 0.25) is 0 Å². The standard InChI is InChI=1S/C16H16FNO3/c1-10(15-13(17)4-3-5-14(15)21-2)18-12-8-6-11(7-9-12)16(19)20/h3-10,18H,1-2H3,(H,19,20). The molecule has 0 heterocycles. The van der Waals surface area contributed by atoms with Crippen LogP contribution in [0.15, 0.2) is 42.5 Å². The normalized spacial score (nSPS) is 11.8. The van der Waals surface area contributed by atoms with E-state index in [4.69, 9.17) is 9.84 Å². The smallest absolute Gasteiger partial charge is 0.335 e. The molecule has 4 nitrogen and oxygen atoms in total. The van der Waals surface area contributed by atoms with Crippen LogP contribution in [0.5, 0.6) is 5.75 Å². The zero-order valence-corrected chi connectivity index (χ0v) is 11.8. The summed E-state index contributed by atoms with van der Waals surface area (Å²) in [6.07, 6.45) is 0. The zero-order chi connectivity index (χ0) is 15.4. The number of halogens is 1. The Balaban J connectivity index is 2.22. The molecule has 2 aromatic carbocycles. The van der Waals surface area contributed by atoms with E-state index in [2.05, 4.69) is 5.32 Å². The highest BCUT2D eigenvalue weighted by molar-refractivity contribution is 5.88. The molecular formula is C16H16FNO3. The number of anilines is 1. The van der Waals surface area contributed by atoms with E-state index in [9.17, 15) is 9.18 Å². The SMILES string of the molecule is COc1cccc(F)c1C(C)Nc1ccc(C(=O)O)cc1. The van der Waals surface area contributed by atoms with Gasteiger partial charge in [0.2, 0.25) is 0 Å². The number of hydrogen-bond donors (Lipinski definition) is 2. The molecule has 5 heteroatoms. The zero-order valence-electron chi connectivity index (χ0n) is 11.8. The first-order chi connectivity index (χ1) is 10.0. The highest BCUT2D eigenvalue weighted by atomic mass is 19.1. The molecule has 2 N–H and O–H groups in total. The Labute approximate surface area is 122 Å². The molecule has 0 bridgehead atoms. The van der Waals surface area contributed by atoms with Crippen LogP contribution in [-0.4, -0.2) is 18.2 Å². The predicted molar refractivity (Wildman–Crippen MR) is 78.4 cm³/mol. The van der Waals surface area contributed by atoms with Crippen molar-refractivity contribution in [3.63, 3.8) is 0 Å². The van der Waals surface area contributed by atoms with Gasteiger partial charge in [0.1, 0.15) is 11.6 Å². The second kappa shape index (κ2) is 6.26. The first-order valence-corrected chi connectivity index (χ1v) is 6.45. The number of aromatic carboxylic acids is 1. The van der Waals surface area contributed by atoms with Gasteiger partial charge in [-0.25, -0.2) is 9.18 Å². The summed E-state index contributed by atoms with van der Waals surface area (Å²) in [7, 11) is 1.49. The molecule has 0 aliphatic rings. The fourth-order valence-electron chi connectivity index (χ4n) is 2.15. The molecular weight excluding hydrogens is 273 g/mol. The van der Waals surface area contributed by atoms with Gasteiger partial charge in [0, 0.05) is 5.69 Å².